The summed E-state index contributed by atoms with van der Waals surface area (Å²) < 4.78 is 1.55. The number of nitrogens with zero attached hydrogens (tertiary/aromatic N) is 5. The molecule has 0 fully saturated rings. The molecule has 9 nitrogen and oxygen atoms in total. The van der Waals surface area contributed by atoms with Crippen LogP contribution in [-0.4, -0.2) is 37.0 Å². The number of rotatable bonds is 5. The van der Waals surface area contributed by atoms with Crippen LogP contribution in [0.4, 0.5) is 10.7 Å². The van der Waals surface area contributed by atoms with Crippen molar-refractivity contribution in [2.24, 2.45) is 0 Å². The molecule has 10 heteroatoms. The Morgan fingerprint density at radius 1 is 1.09 bits per heavy atom. The molecule has 0 saturated carbocycles. The number of carbonyl (C=O) groups excluding carboxylic acids is 2. The predicted molar refractivity (Wildman–Crippen MR) is 125 cm³/mol. The highest BCUT2D eigenvalue weighted by Gasteiger charge is 2.27. The van der Waals surface area contributed by atoms with E-state index < -0.39 is 0 Å². The number of pyridine rings is 1. The van der Waals surface area contributed by atoms with E-state index in [2.05, 4.69) is 31.1 Å². The molecule has 2 N–H and O–H groups in total. The van der Waals surface area contributed by atoms with Crippen LogP contribution in [0.2, 0.25) is 0 Å². The molecule has 0 saturated heterocycles. The minimum absolute atomic E-state index is 0.248. The van der Waals surface area contributed by atoms with Crippen molar-refractivity contribution in [3.05, 3.63) is 76.2 Å². The second kappa shape index (κ2) is 8.91. The number of nitrogens with one attached hydrogen (secondary N) is 2. The van der Waals surface area contributed by atoms with Crippen LogP contribution in [0.15, 0.2) is 49.1 Å². The van der Waals surface area contributed by atoms with Gasteiger partial charge in [0.2, 0.25) is 0 Å². The van der Waals surface area contributed by atoms with Crippen LogP contribution in [0.25, 0.3) is 5.69 Å². The summed E-state index contributed by atoms with van der Waals surface area (Å²) in [7, 11) is 0. The highest BCUT2D eigenvalue weighted by atomic mass is 32.1. The molecule has 0 spiro atoms. The molecule has 1 aliphatic rings. The Morgan fingerprint density at radius 2 is 1.97 bits per heavy atom. The van der Waals surface area contributed by atoms with Gasteiger partial charge in [0.15, 0.2) is 0 Å². The lowest BCUT2D eigenvalue weighted by Gasteiger charge is -2.14. The van der Waals surface area contributed by atoms with Crippen LogP contribution in [0.1, 0.15) is 49.6 Å². The maximum atomic E-state index is 13.5. The number of aromatic nitrogens is 5. The van der Waals surface area contributed by atoms with Crippen molar-refractivity contribution < 1.29 is 9.59 Å². The average molecular weight is 460 g/mol. The van der Waals surface area contributed by atoms with Gasteiger partial charge in [0.25, 0.3) is 11.8 Å². The quantitative estimate of drug-likeness (QED) is 0.469. The summed E-state index contributed by atoms with van der Waals surface area (Å²) in [5, 5.41) is 17.8. The molecule has 3 aromatic heterocycles. The molecular weight excluding hydrogens is 438 g/mol. The number of hydrogen-bond donors (Lipinski definition) is 2. The van der Waals surface area contributed by atoms with Gasteiger partial charge < -0.3 is 10.6 Å². The van der Waals surface area contributed by atoms with Gasteiger partial charge in [0.05, 0.1) is 16.8 Å². The van der Waals surface area contributed by atoms with Gasteiger partial charge in [-0.25, -0.2) is 4.68 Å². The van der Waals surface area contributed by atoms with Gasteiger partial charge in [-0.05, 0) is 78.4 Å². The number of benzene rings is 1. The first-order valence-electron chi connectivity index (χ1n) is 10.6. The maximum Gasteiger partial charge on any atom is 0.258 e. The lowest BCUT2D eigenvalue weighted by atomic mass is 9.95. The molecule has 4 aromatic rings. The predicted octanol–water partition coefficient (Wildman–Crippen LogP) is 3.81. The first-order chi connectivity index (χ1) is 16.1. The third-order valence-corrected chi connectivity index (χ3v) is 6.82. The Hall–Kier alpha value is -3.92. The zero-order valence-corrected chi connectivity index (χ0v) is 18.7. The van der Waals surface area contributed by atoms with Crippen LogP contribution < -0.4 is 10.6 Å². The van der Waals surface area contributed by atoms with E-state index in [-0.39, 0.29) is 11.8 Å². The summed E-state index contributed by atoms with van der Waals surface area (Å²) in [6, 6.07) is 8.98. The van der Waals surface area contributed by atoms with E-state index in [4.69, 9.17) is 0 Å². The van der Waals surface area contributed by atoms with Crippen LogP contribution in [0.3, 0.4) is 0 Å². The Bertz CT molecular complexity index is 1320. The normalized spacial score (nSPS) is 12.8. The number of amides is 2. The van der Waals surface area contributed by atoms with Crippen molar-refractivity contribution in [2.75, 3.05) is 10.6 Å². The third kappa shape index (κ3) is 4.24. The zero-order valence-electron chi connectivity index (χ0n) is 17.9. The minimum atomic E-state index is -0.285. The van der Waals surface area contributed by atoms with Crippen LogP contribution in [-0.2, 0) is 12.8 Å². The van der Waals surface area contributed by atoms with Gasteiger partial charge in [-0.15, -0.1) is 16.4 Å². The maximum absolute atomic E-state index is 13.5. The molecule has 1 aromatic carbocycles. The number of hydrogen-bond acceptors (Lipinski definition) is 7. The molecule has 5 rings (SSSR count). The van der Waals surface area contributed by atoms with E-state index >= 15 is 0 Å². The summed E-state index contributed by atoms with van der Waals surface area (Å²) in [5.41, 5.74) is 4.37. The van der Waals surface area contributed by atoms with Gasteiger partial charge in [-0.3, -0.25) is 14.6 Å². The molecule has 0 radical (unpaired) electrons. The molecular formula is C23H21N7O2S. The Kier molecular flexibility index (Phi) is 5.66. The van der Waals surface area contributed by atoms with Gasteiger partial charge in [-0.2, -0.15) is 0 Å². The number of fused-ring (bicyclic) bond motifs is 1. The van der Waals surface area contributed by atoms with E-state index in [0.717, 1.165) is 47.4 Å². The van der Waals surface area contributed by atoms with E-state index in [1.165, 1.54) is 23.9 Å². The number of anilines is 2. The van der Waals surface area contributed by atoms with Crippen molar-refractivity contribution in [3.63, 3.8) is 0 Å². The number of tetrazole rings is 1. The summed E-state index contributed by atoms with van der Waals surface area (Å²) >= 11 is 1.48. The van der Waals surface area contributed by atoms with E-state index in [0.29, 0.717) is 21.8 Å². The van der Waals surface area contributed by atoms with Gasteiger partial charge in [0, 0.05) is 23.0 Å². The summed E-state index contributed by atoms with van der Waals surface area (Å²) in [6.07, 6.45) is 8.47. The van der Waals surface area contributed by atoms with Crippen LogP contribution >= 0.6 is 11.3 Å². The molecule has 1 aliphatic carbocycles. The fraction of sp³-hybridized carbons (Fsp3) is 0.217. The average Bonchev–Trinajstić information content (AvgIpc) is 3.49. The summed E-state index contributed by atoms with van der Waals surface area (Å²) in [4.78, 5) is 31.4. The molecule has 0 atom stereocenters. The lowest BCUT2D eigenvalue weighted by Crippen LogP contribution is -2.19. The fourth-order valence-corrected chi connectivity index (χ4v) is 5.25. The first kappa shape index (κ1) is 21.0. The van der Waals surface area contributed by atoms with Crippen LogP contribution in [0, 0.1) is 6.92 Å². The smallest absolute Gasteiger partial charge is 0.258 e. The molecule has 33 heavy (non-hydrogen) atoms. The van der Waals surface area contributed by atoms with Gasteiger partial charge in [-0.1, -0.05) is 6.07 Å². The number of aryl methyl sites for hydroxylation is 2. The summed E-state index contributed by atoms with van der Waals surface area (Å²) in [6.45, 7) is 1.95. The molecule has 3 heterocycles. The highest BCUT2D eigenvalue weighted by Crippen LogP contribution is 2.39. The number of carbonyl (C=O) groups is 2. The highest BCUT2D eigenvalue weighted by molar-refractivity contribution is 7.17. The third-order valence-electron chi connectivity index (χ3n) is 5.61. The second-order valence-corrected chi connectivity index (χ2v) is 8.93. The second-order valence-electron chi connectivity index (χ2n) is 7.82. The number of thiophene rings is 1. The Morgan fingerprint density at radius 3 is 2.76 bits per heavy atom. The molecule has 166 valence electrons. The zero-order chi connectivity index (χ0) is 22.8. The van der Waals surface area contributed by atoms with Crippen molar-refractivity contribution in [1.82, 2.24) is 25.2 Å². The van der Waals surface area contributed by atoms with Crippen molar-refractivity contribution in [2.45, 2.75) is 32.6 Å². The molecule has 2 amide bonds. The summed E-state index contributed by atoms with van der Waals surface area (Å²) in [5.74, 6) is -0.533. The van der Waals surface area contributed by atoms with Gasteiger partial charge in [0.1, 0.15) is 11.3 Å². The Balaban J connectivity index is 1.46. The van der Waals surface area contributed by atoms with Crippen molar-refractivity contribution >= 4 is 33.8 Å². The Labute approximate surface area is 193 Å². The van der Waals surface area contributed by atoms with E-state index in [1.807, 2.05) is 25.1 Å². The van der Waals surface area contributed by atoms with Crippen molar-refractivity contribution in [3.8, 4) is 5.69 Å². The topological polar surface area (TPSA) is 115 Å². The monoisotopic (exact) mass is 459 g/mol. The van der Waals surface area contributed by atoms with E-state index in [1.54, 1.807) is 23.0 Å². The SMILES string of the molecule is Cc1ccc(NC(=O)c2c(NC(=O)c3cccnc3)sc3c2CCCC3)cc1-n1cnnn1. The molecule has 0 unspecified atom stereocenters. The standard InChI is InChI=1S/C23H21N7O2S/c1-14-8-9-16(11-18(14)30-13-25-28-29-30)26-22(32)20-17-6-2-3-7-19(17)33-23(20)27-21(31)15-5-4-10-24-12-15/h4-5,8-13H,2-3,6-7H2,1H3,(H,26,32)(H,27,31). The first-order valence-corrected chi connectivity index (χ1v) is 11.4. The van der Waals surface area contributed by atoms with Crippen molar-refractivity contribution in [1.29, 1.82) is 0 Å². The fourth-order valence-electron chi connectivity index (χ4n) is 3.97. The largest absolute Gasteiger partial charge is 0.322 e. The van der Waals surface area contributed by atoms with E-state index in [9.17, 15) is 9.59 Å². The minimum Gasteiger partial charge on any atom is -0.322 e. The lowest BCUT2D eigenvalue weighted by molar-refractivity contribution is 0.102. The molecule has 0 bridgehead atoms. The molecule has 0 aliphatic heterocycles. The van der Waals surface area contributed by atoms with Crippen LogP contribution in [0.5, 0.6) is 0 Å². The van der Waals surface area contributed by atoms with Gasteiger partial charge >= 0.3 is 0 Å².